The molecule has 2 fully saturated rings. The number of amides is 1. The van der Waals surface area contributed by atoms with E-state index in [0.717, 1.165) is 31.5 Å². The van der Waals surface area contributed by atoms with E-state index in [1.165, 1.54) is 32.1 Å². The third-order valence-electron chi connectivity index (χ3n) is 4.21. The molecular formula is C14H26N2O. The van der Waals surface area contributed by atoms with E-state index in [1.54, 1.807) is 0 Å². The molecule has 0 aromatic rings. The van der Waals surface area contributed by atoms with E-state index < -0.39 is 0 Å². The first-order chi connectivity index (χ1) is 8.18. The monoisotopic (exact) mass is 238 g/mol. The highest BCUT2D eigenvalue weighted by molar-refractivity contribution is 5.81. The van der Waals surface area contributed by atoms with E-state index in [9.17, 15) is 4.79 Å². The minimum Gasteiger partial charge on any atom is -0.341 e. The van der Waals surface area contributed by atoms with Gasteiger partial charge >= 0.3 is 0 Å². The lowest BCUT2D eigenvalue weighted by Crippen LogP contribution is -2.47. The molecule has 2 rings (SSSR count). The average molecular weight is 238 g/mol. The number of likely N-dealkylation sites (tertiary alicyclic amines) is 1. The Balaban J connectivity index is 1.70. The van der Waals surface area contributed by atoms with Crippen LogP contribution in [0.15, 0.2) is 0 Å². The molecule has 3 nitrogen and oxygen atoms in total. The summed E-state index contributed by atoms with van der Waals surface area (Å²) >= 11 is 0. The van der Waals surface area contributed by atoms with Crippen LogP contribution in [0.25, 0.3) is 0 Å². The minimum absolute atomic E-state index is 0.00528. The fraction of sp³-hybridized carbons (Fsp3) is 0.929. The molecule has 0 aromatic carbocycles. The molecule has 1 heterocycles. The van der Waals surface area contributed by atoms with Crippen molar-refractivity contribution in [2.24, 2.45) is 11.8 Å². The van der Waals surface area contributed by atoms with Gasteiger partial charge in [0, 0.05) is 13.1 Å². The molecule has 1 aliphatic heterocycles. The SMILES string of the molecule is CC(NCC(C)C1CC1)C(=O)N1CCCCC1. The molecule has 0 aromatic heterocycles. The number of piperidine rings is 1. The van der Waals surface area contributed by atoms with Gasteiger partial charge in [0.2, 0.25) is 5.91 Å². The van der Waals surface area contributed by atoms with E-state index in [1.807, 2.05) is 11.8 Å². The summed E-state index contributed by atoms with van der Waals surface area (Å²) in [6.45, 7) is 7.22. The highest BCUT2D eigenvalue weighted by Crippen LogP contribution is 2.36. The first-order valence-electron chi connectivity index (χ1n) is 7.20. The number of hydrogen-bond donors (Lipinski definition) is 1. The van der Waals surface area contributed by atoms with Crippen molar-refractivity contribution in [3.8, 4) is 0 Å². The van der Waals surface area contributed by atoms with Crippen molar-refractivity contribution in [2.45, 2.75) is 52.0 Å². The first-order valence-corrected chi connectivity index (χ1v) is 7.20. The number of rotatable bonds is 5. The maximum atomic E-state index is 12.2. The Morgan fingerprint density at radius 1 is 1.24 bits per heavy atom. The highest BCUT2D eigenvalue weighted by Gasteiger charge is 2.29. The molecule has 1 saturated carbocycles. The molecule has 3 heteroatoms. The summed E-state index contributed by atoms with van der Waals surface area (Å²) < 4.78 is 0. The van der Waals surface area contributed by atoms with Gasteiger partial charge in [0.15, 0.2) is 0 Å². The third-order valence-corrected chi connectivity index (χ3v) is 4.21. The number of hydrogen-bond acceptors (Lipinski definition) is 2. The van der Waals surface area contributed by atoms with Gasteiger partial charge in [-0.05, 0) is 57.4 Å². The lowest BCUT2D eigenvalue weighted by molar-refractivity contribution is -0.133. The van der Waals surface area contributed by atoms with Crippen LogP contribution in [0, 0.1) is 11.8 Å². The highest BCUT2D eigenvalue weighted by atomic mass is 16.2. The van der Waals surface area contributed by atoms with E-state index in [-0.39, 0.29) is 6.04 Å². The van der Waals surface area contributed by atoms with Gasteiger partial charge in [-0.15, -0.1) is 0 Å². The van der Waals surface area contributed by atoms with E-state index in [0.29, 0.717) is 5.91 Å². The summed E-state index contributed by atoms with van der Waals surface area (Å²) in [5.74, 6) is 1.94. The molecule has 2 unspecified atom stereocenters. The Hall–Kier alpha value is -0.570. The number of carbonyl (C=O) groups is 1. The second-order valence-electron chi connectivity index (χ2n) is 5.83. The zero-order chi connectivity index (χ0) is 12.3. The van der Waals surface area contributed by atoms with Gasteiger partial charge in [0.25, 0.3) is 0 Å². The van der Waals surface area contributed by atoms with Gasteiger partial charge in [-0.2, -0.15) is 0 Å². The van der Waals surface area contributed by atoms with Crippen molar-refractivity contribution in [2.75, 3.05) is 19.6 Å². The molecule has 1 aliphatic carbocycles. The van der Waals surface area contributed by atoms with Crippen LogP contribution in [0.2, 0.25) is 0 Å². The summed E-state index contributed by atoms with van der Waals surface area (Å²) in [6.07, 6.45) is 6.41. The maximum Gasteiger partial charge on any atom is 0.239 e. The second-order valence-corrected chi connectivity index (χ2v) is 5.83. The quantitative estimate of drug-likeness (QED) is 0.795. The van der Waals surface area contributed by atoms with Crippen molar-refractivity contribution in [3.05, 3.63) is 0 Å². The van der Waals surface area contributed by atoms with Crippen molar-refractivity contribution >= 4 is 5.91 Å². The molecule has 0 radical (unpaired) electrons. The maximum absolute atomic E-state index is 12.2. The van der Waals surface area contributed by atoms with Gasteiger partial charge in [0.1, 0.15) is 0 Å². The van der Waals surface area contributed by atoms with Crippen LogP contribution in [-0.4, -0.2) is 36.5 Å². The van der Waals surface area contributed by atoms with Crippen LogP contribution >= 0.6 is 0 Å². The lowest BCUT2D eigenvalue weighted by Gasteiger charge is -2.30. The fourth-order valence-electron chi connectivity index (χ4n) is 2.67. The van der Waals surface area contributed by atoms with Gasteiger partial charge in [-0.3, -0.25) is 4.79 Å². The third kappa shape index (κ3) is 3.70. The van der Waals surface area contributed by atoms with Crippen molar-refractivity contribution < 1.29 is 4.79 Å². The lowest BCUT2D eigenvalue weighted by atomic mass is 10.1. The van der Waals surface area contributed by atoms with Crippen LogP contribution in [0.1, 0.15) is 46.0 Å². The normalized spacial score (nSPS) is 24.5. The predicted octanol–water partition coefficient (Wildman–Crippen LogP) is 2.02. The van der Waals surface area contributed by atoms with Gasteiger partial charge < -0.3 is 10.2 Å². The topological polar surface area (TPSA) is 32.3 Å². The molecule has 0 bridgehead atoms. The van der Waals surface area contributed by atoms with E-state index in [4.69, 9.17) is 0 Å². The first kappa shape index (κ1) is 12.9. The van der Waals surface area contributed by atoms with E-state index in [2.05, 4.69) is 12.2 Å². The fourth-order valence-corrected chi connectivity index (χ4v) is 2.67. The molecule has 17 heavy (non-hydrogen) atoms. The molecule has 1 amide bonds. The van der Waals surface area contributed by atoms with Crippen LogP contribution in [-0.2, 0) is 4.79 Å². The minimum atomic E-state index is -0.00528. The van der Waals surface area contributed by atoms with Crippen LogP contribution in [0.5, 0.6) is 0 Å². The molecule has 1 saturated heterocycles. The van der Waals surface area contributed by atoms with E-state index >= 15 is 0 Å². The molecule has 2 atom stereocenters. The van der Waals surface area contributed by atoms with Gasteiger partial charge in [0.05, 0.1) is 6.04 Å². The van der Waals surface area contributed by atoms with Crippen LogP contribution in [0.4, 0.5) is 0 Å². The second kappa shape index (κ2) is 5.85. The largest absolute Gasteiger partial charge is 0.341 e. The summed E-state index contributed by atoms with van der Waals surface area (Å²) in [5.41, 5.74) is 0. The van der Waals surface area contributed by atoms with Crippen molar-refractivity contribution in [3.63, 3.8) is 0 Å². The Labute approximate surface area is 105 Å². The molecule has 1 N–H and O–H groups in total. The van der Waals surface area contributed by atoms with Crippen LogP contribution in [0.3, 0.4) is 0 Å². The summed E-state index contributed by atoms with van der Waals surface area (Å²) in [7, 11) is 0. The molecule has 98 valence electrons. The van der Waals surface area contributed by atoms with Gasteiger partial charge in [-0.25, -0.2) is 0 Å². The average Bonchev–Trinajstić information content (AvgIpc) is 3.20. The number of nitrogens with one attached hydrogen (secondary N) is 1. The Bertz CT molecular complexity index is 257. The zero-order valence-corrected chi connectivity index (χ0v) is 11.2. The molecular weight excluding hydrogens is 212 g/mol. The summed E-state index contributed by atoms with van der Waals surface area (Å²) in [5, 5.41) is 3.41. The Kier molecular flexibility index (Phi) is 4.43. The van der Waals surface area contributed by atoms with Crippen molar-refractivity contribution in [1.29, 1.82) is 0 Å². The van der Waals surface area contributed by atoms with Gasteiger partial charge in [-0.1, -0.05) is 6.92 Å². The summed E-state index contributed by atoms with van der Waals surface area (Å²) in [6, 6.07) is -0.00528. The standard InChI is InChI=1S/C14H26N2O/c1-11(13-6-7-13)10-15-12(2)14(17)16-8-4-3-5-9-16/h11-13,15H,3-10H2,1-2H3. The Morgan fingerprint density at radius 2 is 1.88 bits per heavy atom. The number of carbonyl (C=O) groups excluding carboxylic acids is 1. The Morgan fingerprint density at radius 3 is 2.47 bits per heavy atom. The van der Waals surface area contributed by atoms with Crippen molar-refractivity contribution in [1.82, 2.24) is 10.2 Å². The molecule has 0 spiro atoms. The van der Waals surface area contributed by atoms with Crippen LogP contribution < -0.4 is 5.32 Å². The number of nitrogens with zero attached hydrogens (tertiary/aromatic N) is 1. The zero-order valence-electron chi connectivity index (χ0n) is 11.2. The molecule has 2 aliphatic rings. The summed E-state index contributed by atoms with van der Waals surface area (Å²) in [4.78, 5) is 14.2. The smallest absolute Gasteiger partial charge is 0.239 e. The predicted molar refractivity (Wildman–Crippen MR) is 69.8 cm³/mol.